The van der Waals surface area contributed by atoms with E-state index in [0.717, 1.165) is 19.6 Å². The van der Waals surface area contributed by atoms with Crippen molar-refractivity contribution < 1.29 is 9.59 Å². The number of nitrogens with one attached hydrogen (secondary N) is 2. The maximum absolute atomic E-state index is 12.1. The van der Waals surface area contributed by atoms with Gasteiger partial charge in [0.15, 0.2) is 0 Å². The Bertz CT molecular complexity index is 540. The number of hydrogen-bond acceptors (Lipinski definition) is 4. The number of carbonyl (C=O) groups is 2. The highest BCUT2D eigenvalue weighted by Crippen LogP contribution is 2.13. The van der Waals surface area contributed by atoms with Gasteiger partial charge in [-0.25, -0.2) is 0 Å². The minimum absolute atomic E-state index is 0.00437. The zero-order valence-corrected chi connectivity index (χ0v) is 15.3. The van der Waals surface area contributed by atoms with Crippen LogP contribution in [-0.4, -0.2) is 54.4 Å². The van der Waals surface area contributed by atoms with Crippen LogP contribution in [0.15, 0.2) is 24.3 Å². The van der Waals surface area contributed by atoms with Gasteiger partial charge in [0.2, 0.25) is 5.91 Å². The van der Waals surface area contributed by atoms with Crippen LogP contribution in [0.2, 0.25) is 0 Å². The van der Waals surface area contributed by atoms with Crippen LogP contribution in [0.3, 0.4) is 0 Å². The van der Waals surface area contributed by atoms with E-state index in [4.69, 9.17) is 0 Å². The average Bonchev–Trinajstić information content (AvgIpc) is 2.59. The summed E-state index contributed by atoms with van der Waals surface area (Å²) in [5, 5.41) is 5.61. The molecule has 1 aliphatic heterocycles. The third-order valence-electron chi connectivity index (χ3n) is 3.96. The molecular weight excluding hydrogens is 322 g/mol. The maximum Gasteiger partial charge on any atom is 0.251 e. The van der Waals surface area contributed by atoms with Gasteiger partial charge in [0.1, 0.15) is 0 Å². The highest BCUT2D eigenvalue weighted by molar-refractivity contribution is 7.99. The summed E-state index contributed by atoms with van der Waals surface area (Å²) in [5.41, 5.74) is 1.89. The molecule has 2 amide bonds. The Morgan fingerprint density at radius 2 is 1.71 bits per heavy atom. The van der Waals surface area contributed by atoms with E-state index in [1.165, 1.54) is 17.1 Å². The third-order valence-corrected chi connectivity index (χ3v) is 4.90. The van der Waals surface area contributed by atoms with Crippen LogP contribution in [0.4, 0.5) is 0 Å². The minimum Gasteiger partial charge on any atom is -0.354 e. The molecule has 0 saturated carbocycles. The van der Waals surface area contributed by atoms with Crippen molar-refractivity contribution in [2.75, 3.05) is 37.7 Å². The maximum atomic E-state index is 12.1. The van der Waals surface area contributed by atoms with Gasteiger partial charge in [0.05, 0.1) is 0 Å². The summed E-state index contributed by atoms with van der Waals surface area (Å²) in [5.74, 6) is 2.27. The van der Waals surface area contributed by atoms with Crippen molar-refractivity contribution >= 4 is 23.6 Å². The second-order valence-electron chi connectivity index (χ2n) is 6.29. The predicted molar refractivity (Wildman–Crippen MR) is 99.2 cm³/mol. The molecule has 1 heterocycles. The van der Waals surface area contributed by atoms with E-state index >= 15 is 0 Å². The normalized spacial score (nSPS) is 15.3. The first-order valence-corrected chi connectivity index (χ1v) is 9.66. The van der Waals surface area contributed by atoms with E-state index < -0.39 is 0 Å². The van der Waals surface area contributed by atoms with E-state index in [1.54, 1.807) is 0 Å². The van der Waals surface area contributed by atoms with E-state index in [1.807, 2.05) is 49.9 Å². The van der Waals surface area contributed by atoms with Gasteiger partial charge in [0.25, 0.3) is 5.91 Å². The summed E-state index contributed by atoms with van der Waals surface area (Å²) in [4.78, 5) is 26.0. The van der Waals surface area contributed by atoms with Gasteiger partial charge in [0, 0.05) is 55.7 Å². The van der Waals surface area contributed by atoms with Gasteiger partial charge < -0.3 is 10.6 Å². The fourth-order valence-corrected chi connectivity index (χ4v) is 3.43. The van der Waals surface area contributed by atoms with Crippen molar-refractivity contribution in [2.45, 2.75) is 20.4 Å². The van der Waals surface area contributed by atoms with Crippen molar-refractivity contribution in [3.8, 4) is 0 Å². The number of benzene rings is 1. The standard InChI is InChI=1S/C18H27N3O2S/c1-14(2)17(22)19-7-8-20-18(23)16-5-3-15(4-6-16)13-21-9-11-24-12-10-21/h3-6,14H,7-13H2,1-2H3,(H,19,22)(H,20,23). The van der Waals surface area contributed by atoms with Gasteiger partial charge in [-0.05, 0) is 17.7 Å². The number of thioether (sulfide) groups is 1. The molecule has 24 heavy (non-hydrogen) atoms. The Morgan fingerprint density at radius 3 is 2.33 bits per heavy atom. The summed E-state index contributed by atoms with van der Waals surface area (Å²) in [6.07, 6.45) is 0. The summed E-state index contributed by atoms with van der Waals surface area (Å²) in [6, 6.07) is 7.79. The second-order valence-corrected chi connectivity index (χ2v) is 7.51. The van der Waals surface area contributed by atoms with E-state index in [2.05, 4.69) is 15.5 Å². The summed E-state index contributed by atoms with van der Waals surface area (Å²) in [7, 11) is 0. The lowest BCUT2D eigenvalue weighted by atomic mass is 10.1. The molecule has 0 spiro atoms. The molecule has 0 atom stereocenters. The van der Waals surface area contributed by atoms with Gasteiger partial charge >= 0.3 is 0 Å². The molecule has 1 aromatic carbocycles. The monoisotopic (exact) mass is 349 g/mol. The van der Waals surface area contributed by atoms with E-state index in [-0.39, 0.29) is 17.7 Å². The van der Waals surface area contributed by atoms with Crippen molar-refractivity contribution in [1.29, 1.82) is 0 Å². The van der Waals surface area contributed by atoms with Gasteiger partial charge in [-0.2, -0.15) is 11.8 Å². The number of nitrogens with zero attached hydrogens (tertiary/aromatic N) is 1. The topological polar surface area (TPSA) is 61.4 Å². The molecule has 0 unspecified atom stereocenters. The largest absolute Gasteiger partial charge is 0.354 e. The molecule has 2 N–H and O–H groups in total. The summed E-state index contributed by atoms with van der Waals surface area (Å²) >= 11 is 2.01. The molecule has 0 bridgehead atoms. The molecule has 1 aliphatic rings. The van der Waals surface area contributed by atoms with Crippen LogP contribution in [0.25, 0.3) is 0 Å². The molecular formula is C18H27N3O2S. The third kappa shape index (κ3) is 6.17. The lowest BCUT2D eigenvalue weighted by molar-refractivity contribution is -0.123. The number of hydrogen-bond donors (Lipinski definition) is 2. The quantitative estimate of drug-likeness (QED) is 0.736. The van der Waals surface area contributed by atoms with Crippen LogP contribution >= 0.6 is 11.8 Å². The Hall–Kier alpha value is -1.53. The molecule has 0 aromatic heterocycles. The molecule has 5 nitrogen and oxygen atoms in total. The fourth-order valence-electron chi connectivity index (χ4n) is 2.45. The van der Waals surface area contributed by atoms with Crippen molar-refractivity contribution in [3.05, 3.63) is 35.4 Å². The summed E-state index contributed by atoms with van der Waals surface area (Å²) in [6.45, 7) is 7.79. The lowest BCUT2D eigenvalue weighted by Crippen LogP contribution is -2.36. The van der Waals surface area contributed by atoms with Gasteiger partial charge in [-0.3, -0.25) is 14.5 Å². The first-order chi connectivity index (χ1) is 11.6. The number of carbonyl (C=O) groups excluding carboxylic acids is 2. The van der Waals surface area contributed by atoms with Crippen LogP contribution < -0.4 is 10.6 Å². The zero-order chi connectivity index (χ0) is 17.4. The highest BCUT2D eigenvalue weighted by Gasteiger charge is 2.11. The lowest BCUT2D eigenvalue weighted by Gasteiger charge is -2.26. The molecule has 132 valence electrons. The first kappa shape index (κ1) is 18.8. The number of rotatable bonds is 7. The molecule has 6 heteroatoms. The smallest absolute Gasteiger partial charge is 0.251 e. The molecule has 1 saturated heterocycles. The molecule has 1 aromatic rings. The van der Waals surface area contributed by atoms with E-state index in [0.29, 0.717) is 18.7 Å². The molecule has 0 aliphatic carbocycles. The zero-order valence-electron chi connectivity index (χ0n) is 14.5. The Kier molecular flexibility index (Phi) is 7.59. The SMILES string of the molecule is CC(C)C(=O)NCCNC(=O)c1ccc(CN2CCSCC2)cc1. The molecule has 1 fully saturated rings. The Labute approximate surface area is 148 Å². The molecule has 0 radical (unpaired) electrons. The average molecular weight is 350 g/mol. The Morgan fingerprint density at radius 1 is 1.08 bits per heavy atom. The number of amides is 2. The minimum atomic E-state index is -0.102. The second kappa shape index (κ2) is 9.69. The summed E-state index contributed by atoms with van der Waals surface area (Å²) < 4.78 is 0. The van der Waals surface area contributed by atoms with Gasteiger partial charge in [-0.1, -0.05) is 26.0 Å². The first-order valence-electron chi connectivity index (χ1n) is 8.51. The highest BCUT2D eigenvalue weighted by atomic mass is 32.2. The van der Waals surface area contributed by atoms with Crippen LogP contribution in [0, 0.1) is 5.92 Å². The van der Waals surface area contributed by atoms with E-state index in [9.17, 15) is 9.59 Å². The molecule has 2 rings (SSSR count). The van der Waals surface area contributed by atoms with Gasteiger partial charge in [-0.15, -0.1) is 0 Å². The Balaban J connectivity index is 1.73. The van der Waals surface area contributed by atoms with Crippen molar-refractivity contribution in [3.63, 3.8) is 0 Å². The predicted octanol–water partition coefficient (Wildman–Crippen LogP) is 1.74. The van der Waals surface area contributed by atoms with Crippen molar-refractivity contribution in [2.24, 2.45) is 5.92 Å². The fraction of sp³-hybridized carbons (Fsp3) is 0.556. The van der Waals surface area contributed by atoms with Crippen molar-refractivity contribution in [1.82, 2.24) is 15.5 Å². The van der Waals surface area contributed by atoms with Crippen LogP contribution in [0.5, 0.6) is 0 Å². The van der Waals surface area contributed by atoms with Crippen LogP contribution in [0.1, 0.15) is 29.8 Å². The van der Waals surface area contributed by atoms with Crippen LogP contribution in [-0.2, 0) is 11.3 Å².